The van der Waals surface area contributed by atoms with Crippen LogP contribution in [0.3, 0.4) is 0 Å². The van der Waals surface area contributed by atoms with E-state index in [1.807, 2.05) is 43.3 Å². The number of benzene rings is 2. The minimum absolute atomic E-state index is 0.0709. The molecule has 2 aromatic carbocycles. The maximum absolute atomic E-state index is 9.85. The quantitative estimate of drug-likeness (QED) is 0.781. The van der Waals surface area contributed by atoms with Crippen LogP contribution in [0.25, 0.3) is 0 Å². The van der Waals surface area contributed by atoms with Gasteiger partial charge in [0.2, 0.25) is 0 Å². The summed E-state index contributed by atoms with van der Waals surface area (Å²) in [7, 11) is 0. The molecular formula is C17H19IO2. The van der Waals surface area contributed by atoms with Crippen molar-refractivity contribution in [3.05, 3.63) is 68.8 Å². The first-order valence-electron chi connectivity index (χ1n) is 6.63. The smallest absolute Gasteiger partial charge is 0.0553 e. The Balaban J connectivity index is 2.33. The summed E-state index contributed by atoms with van der Waals surface area (Å²) >= 11 is 2.27. The first-order valence-corrected chi connectivity index (χ1v) is 7.71. The van der Waals surface area contributed by atoms with Crippen LogP contribution in [0, 0.1) is 10.5 Å². The monoisotopic (exact) mass is 382 g/mol. The standard InChI is InChI=1S/C17H19IO2/c1-13-2-6-15(7-3-13)17(11-19,12-20)10-14-4-8-16(18)9-5-14/h2-9,19-20H,10-12H2,1H3. The number of rotatable bonds is 5. The van der Waals surface area contributed by atoms with Crippen molar-refractivity contribution in [3.63, 3.8) is 0 Å². The second-order valence-corrected chi connectivity index (χ2v) is 6.51. The van der Waals surface area contributed by atoms with Gasteiger partial charge in [-0.05, 0) is 59.2 Å². The van der Waals surface area contributed by atoms with Crippen LogP contribution < -0.4 is 0 Å². The van der Waals surface area contributed by atoms with Crippen LogP contribution in [0.4, 0.5) is 0 Å². The Morgan fingerprint density at radius 1 is 0.900 bits per heavy atom. The summed E-state index contributed by atoms with van der Waals surface area (Å²) in [6.45, 7) is 1.89. The van der Waals surface area contributed by atoms with E-state index in [0.29, 0.717) is 6.42 Å². The number of hydrogen-bond acceptors (Lipinski definition) is 2. The lowest BCUT2D eigenvalue weighted by atomic mass is 9.76. The molecule has 0 unspecified atom stereocenters. The Labute approximate surface area is 133 Å². The average molecular weight is 382 g/mol. The van der Waals surface area contributed by atoms with E-state index >= 15 is 0 Å². The maximum Gasteiger partial charge on any atom is 0.0553 e. The molecule has 2 nitrogen and oxygen atoms in total. The van der Waals surface area contributed by atoms with E-state index in [-0.39, 0.29) is 13.2 Å². The van der Waals surface area contributed by atoms with Crippen LogP contribution in [0.1, 0.15) is 16.7 Å². The van der Waals surface area contributed by atoms with Crippen LogP contribution in [0.15, 0.2) is 48.5 Å². The van der Waals surface area contributed by atoms with Gasteiger partial charge in [0.05, 0.1) is 13.2 Å². The van der Waals surface area contributed by atoms with E-state index in [4.69, 9.17) is 0 Å². The highest BCUT2D eigenvalue weighted by molar-refractivity contribution is 14.1. The molecule has 0 aliphatic rings. The fraction of sp³-hybridized carbons (Fsp3) is 0.294. The molecule has 106 valence electrons. The molecule has 2 rings (SSSR count). The number of aryl methyl sites for hydroxylation is 1. The summed E-state index contributed by atoms with van der Waals surface area (Å²) in [5.74, 6) is 0. The molecule has 0 atom stereocenters. The second kappa shape index (κ2) is 6.70. The molecular weight excluding hydrogens is 363 g/mol. The molecule has 0 fully saturated rings. The zero-order valence-electron chi connectivity index (χ0n) is 11.5. The third kappa shape index (κ3) is 3.40. The van der Waals surface area contributed by atoms with Crippen molar-refractivity contribution in [1.29, 1.82) is 0 Å². The molecule has 0 heterocycles. The van der Waals surface area contributed by atoms with Crippen molar-refractivity contribution in [2.75, 3.05) is 13.2 Å². The lowest BCUT2D eigenvalue weighted by Crippen LogP contribution is -2.37. The Morgan fingerprint density at radius 2 is 1.45 bits per heavy atom. The summed E-state index contributed by atoms with van der Waals surface area (Å²) in [6, 6.07) is 16.2. The van der Waals surface area contributed by atoms with Gasteiger partial charge in [-0.3, -0.25) is 0 Å². The van der Waals surface area contributed by atoms with E-state index in [2.05, 4.69) is 34.7 Å². The van der Waals surface area contributed by atoms with Gasteiger partial charge in [0.15, 0.2) is 0 Å². The molecule has 3 heteroatoms. The minimum atomic E-state index is -0.625. The predicted octanol–water partition coefficient (Wildman–Crippen LogP) is 3.06. The molecule has 0 amide bonds. The molecule has 20 heavy (non-hydrogen) atoms. The van der Waals surface area contributed by atoms with E-state index in [1.165, 1.54) is 9.13 Å². The SMILES string of the molecule is Cc1ccc(C(CO)(CO)Cc2ccc(I)cc2)cc1. The fourth-order valence-corrected chi connectivity index (χ4v) is 2.71. The van der Waals surface area contributed by atoms with E-state index in [1.54, 1.807) is 0 Å². The van der Waals surface area contributed by atoms with Gasteiger partial charge in [0, 0.05) is 8.99 Å². The highest BCUT2D eigenvalue weighted by Gasteiger charge is 2.31. The zero-order valence-corrected chi connectivity index (χ0v) is 13.7. The van der Waals surface area contributed by atoms with Gasteiger partial charge in [0.1, 0.15) is 0 Å². The van der Waals surface area contributed by atoms with Gasteiger partial charge >= 0.3 is 0 Å². The molecule has 0 bridgehead atoms. The van der Waals surface area contributed by atoms with Crippen molar-refractivity contribution in [2.24, 2.45) is 0 Å². The van der Waals surface area contributed by atoms with Crippen LogP contribution in [0.2, 0.25) is 0 Å². The normalized spacial score (nSPS) is 11.6. The van der Waals surface area contributed by atoms with Gasteiger partial charge in [-0.2, -0.15) is 0 Å². The molecule has 0 aliphatic carbocycles. The van der Waals surface area contributed by atoms with Crippen LogP contribution in [-0.4, -0.2) is 23.4 Å². The first kappa shape index (κ1) is 15.5. The van der Waals surface area contributed by atoms with Crippen molar-refractivity contribution in [2.45, 2.75) is 18.8 Å². The molecule has 0 aliphatic heterocycles. The molecule has 2 aromatic rings. The Hall–Kier alpha value is -0.910. The van der Waals surface area contributed by atoms with Crippen LogP contribution in [0.5, 0.6) is 0 Å². The van der Waals surface area contributed by atoms with E-state index in [0.717, 1.165) is 11.1 Å². The first-order chi connectivity index (χ1) is 9.59. The number of aliphatic hydroxyl groups excluding tert-OH is 2. The summed E-state index contributed by atoms with van der Waals surface area (Å²) in [4.78, 5) is 0. The van der Waals surface area contributed by atoms with Gasteiger partial charge in [-0.1, -0.05) is 42.0 Å². The van der Waals surface area contributed by atoms with Gasteiger partial charge in [0.25, 0.3) is 0 Å². The summed E-state index contributed by atoms with van der Waals surface area (Å²) < 4.78 is 1.18. The number of aliphatic hydroxyl groups is 2. The summed E-state index contributed by atoms with van der Waals surface area (Å²) in [5, 5.41) is 19.7. The summed E-state index contributed by atoms with van der Waals surface area (Å²) in [6.07, 6.45) is 0.625. The second-order valence-electron chi connectivity index (χ2n) is 5.27. The highest BCUT2D eigenvalue weighted by Crippen LogP contribution is 2.28. The number of hydrogen-bond donors (Lipinski definition) is 2. The Bertz CT molecular complexity index is 542. The van der Waals surface area contributed by atoms with Crippen LogP contribution in [-0.2, 0) is 11.8 Å². The zero-order chi connectivity index (χ0) is 14.6. The predicted molar refractivity (Wildman–Crippen MR) is 89.9 cm³/mol. The third-order valence-corrected chi connectivity index (χ3v) is 4.44. The van der Waals surface area contributed by atoms with Gasteiger partial charge < -0.3 is 10.2 Å². The van der Waals surface area contributed by atoms with Gasteiger partial charge in [-0.15, -0.1) is 0 Å². The molecule has 0 saturated carbocycles. The van der Waals surface area contributed by atoms with E-state index in [9.17, 15) is 10.2 Å². The molecule has 0 radical (unpaired) electrons. The summed E-state index contributed by atoms with van der Waals surface area (Å²) in [5.41, 5.74) is 2.65. The number of halogens is 1. The minimum Gasteiger partial charge on any atom is -0.395 e. The lowest BCUT2D eigenvalue weighted by molar-refractivity contribution is 0.116. The molecule has 2 N–H and O–H groups in total. The topological polar surface area (TPSA) is 40.5 Å². The lowest BCUT2D eigenvalue weighted by Gasteiger charge is -2.30. The van der Waals surface area contributed by atoms with E-state index < -0.39 is 5.41 Å². The maximum atomic E-state index is 9.85. The highest BCUT2D eigenvalue weighted by atomic mass is 127. The molecule has 0 aromatic heterocycles. The Morgan fingerprint density at radius 3 is 1.95 bits per heavy atom. The average Bonchev–Trinajstić information content (AvgIpc) is 2.48. The largest absolute Gasteiger partial charge is 0.395 e. The van der Waals surface area contributed by atoms with Gasteiger partial charge in [-0.25, -0.2) is 0 Å². The molecule has 0 spiro atoms. The third-order valence-electron chi connectivity index (χ3n) is 3.73. The Kier molecular flexibility index (Phi) is 5.18. The van der Waals surface area contributed by atoms with Crippen molar-refractivity contribution >= 4 is 22.6 Å². The fourth-order valence-electron chi connectivity index (χ4n) is 2.35. The van der Waals surface area contributed by atoms with Crippen molar-refractivity contribution in [3.8, 4) is 0 Å². The van der Waals surface area contributed by atoms with Crippen molar-refractivity contribution in [1.82, 2.24) is 0 Å². The van der Waals surface area contributed by atoms with Crippen LogP contribution >= 0.6 is 22.6 Å². The molecule has 0 saturated heterocycles. The van der Waals surface area contributed by atoms with Crippen molar-refractivity contribution < 1.29 is 10.2 Å².